The summed E-state index contributed by atoms with van der Waals surface area (Å²) in [5.74, 6) is -5.47. The molecular weight excluding hydrogens is 799 g/mol. The van der Waals surface area contributed by atoms with E-state index >= 15 is 0 Å². The minimum atomic E-state index is -1.36. The number of esters is 2. The van der Waals surface area contributed by atoms with Crippen molar-refractivity contribution in [2.24, 2.45) is 10.1 Å². The van der Waals surface area contributed by atoms with Crippen LogP contribution < -0.4 is 26.1 Å². The molecule has 4 aliphatic rings. The van der Waals surface area contributed by atoms with Crippen LogP contribution in [0.4, 0.5) is 9.93 Å². The number of aliphatic carboxylic acids is 1. The fourth-order valence-corrected chi connectivity index (χ4v) is 8.62. The highest BCUT2D eigenvalue weighted by Crippen LogP contribution is 2.42. The molecule has 2 aromatic rings. The molecule has 0 spiro atoms. The van der Waals surface area contributed by atoms with Gasteiger partial charge >= 0.3 is 30.0 Å². The zero-order valence-electron chi connectivity index (χ0n) is 29.4. The molecule has 3 amide bonds. The fraction of sp³-hybridized carbons (Fsp3) is 0.250. The second-order valence-corrected chi connectivity index (χ2v) is 14.9. The molecule has 0 bridgehead atoms. The van der Waals surface area contributed by atoms with Crippen molar-refractivity contribution in [2.75, 3.05) is 17.2 Å². The predicted octanol–water partition coefficient (Wildman–Crippen LogP) is 1.75. The summed E-state index contributed by atoms with van der Waals surface area (Å²) >= 11 is 3.36. The van der Waals surface area contributed by atoms with Gasteiger partial charge in [-0.1, -0.05) is 5.16 Å². The number of oxime groups is 1. The smallest absolute Gasteiger partial charge is 0.427 e. The number of carboxylic acid groups (broad SMARTS) is 2. The molecule has 292 valence electrons. The first kappa shape index (κ1) is 39.5. The van der Waals surface area contributed by atoms with E-state index in [1.54, 1.807) is 13.0 Å². The average molecular weight is 828 g/mol. The molecule has 4 aliphatic heterocycles. The quantitative estimate of drug-likeness (QED) is 0.0538. The lowest BCUT2D eigenvalue weighted by Gasteiger charge is -2.49. The van der Waals surface area contributed by atoms with Crippen LogP contribution in [0, 0.1) is 6.92 Å². The molecule has 0 radical (unpaired) electrons. The maximum Gasteiger partial charge on any atom is 0.427 e. The molecule has 56 heavy (non-hydrogen) atoms. The summed E-state index contributed by atoms with van der Waals surface area (Å²) in [6.07, 6.45) is 1.71. The molecule has 5 heterocycles. The number of thioether (sulfide) groups is 2. The summed E-state index contributed by atoms with van der Waals surface area (Å²) in [5, 5.41) is 29.2. The lowest BCUT2D eigenvalue weighted by Crippen LogP contribution is -2.71. The van der Waals surface area contributed by atoms with Crippen molar-refractivity contribution in [2.45, 2.75) is 39.1 Å². The second kappa shape index (κ2) is 15.9. The number of carbonyl (C=O) groups is 7. The van der Waals surface area contributed by atoms with Crippen molar-refractivity contribution in [1.82, 2.24) is 30.8 Å². The van der Waals surface area contributed by atoms with Gasteiger partial charge in [0, 0.05) is 36.4 Å². The van der Waals surface area contributed by atoms with Crippen LogP contribution in [0.5, 0.6) is 11.5 Å². The maximum absolute atomic E-state index is 13.7. The van der Waals surface area contributed by atoms with Crippen molar-refractivity contribution in [1.29, 1.82) is 0 Å². The number of nitrogens with zero attached hydrogens (tertiary/aromatic N) is 6. The number of nitrogens with two attached hydrogens (primary N) is 1. The maximum atomic E-state index is 13.7. The Morgan fingerprint density at radius 1 is 1.11 bits per heavy atom. The van der Waals surface area contributed by atoms with Crippen LogP contribution in [0.1, 0.15) is 42.4 Å². The lowest BCUT2D eigenvalue weighted by molar-refractivity contribution is -0.150. The minimum Gasteiger partial charge on any atom is -0.477 e. The van der Waals surface area contributed by atoms with Crippen LogP contribution in [-0.2, 0) is 28.8 Å². The SMILES string of the molecule is CC(=O)Oc1cc(C)c(C(=O)O/N=C(\C(=O)N[C@@H]2C(=O)N3C(C(=O)O)=C(CSC4=CC(C)=NC5=CN(C(=O)O)NN54)CS[C@H]23)c2csc(N)n2)cc1OC(C)=O. The first-order chi connectivity index (χ1) is 26.5. The van der Waals surface area contributed by atoms with Crippen molar-refractivity contribution in [3.63, 3.8) is 0 Å². The van der Waals surface area contributed by atoms with Gasteiger partial charge < -0.3 is 35.6 Å². The Bertz CT molecular complexity index is 2270. The predicted molar refractivity (Wildman–Crippen MR) is 199 cm³/mol. The van der Waals surface area contributed by atoms with Gasteiger partial charge in [0.1, 0.15) is 22.8 Å². The minimum absolute atomic E-state index is 0.0449. The first-order valence-electron chi connectivity index (χ1n) is 16.0. The van der Waals surface area contributed by atoms with Crippen LogP contribution >= 0.6 is 34.9 Å². The normalized spacial score (nSPS) is 18.9. The number of hydrazine groups is 2. The molecule has 24 heteroatoms. The van der Waals surface area contributed by atoms with E-state index in [0.29, 0.717) is 22.1 Å². The Kier molecular flexibility index (Phi) is 11.2. The standard InChI is InChI=1S/C32H29N9O12S3/c1-12-5-19(51-14(3)42)20(52-15(4)43)7-17(12)30(48)53-37-23(18-11-56-31(33)35-18)26(44)36-24-27(45)40-25(29(46)47)16(10-55-28(24)40)9-54-22-6-13(2)34-21-8-39(32(49)50)38-41(21)22/h5-8,11,24,28,38H,9-10H2,1-4H3,(H2,33,35)(H,36,44)(H,46,47)(H,49,50)/b37-23-/t24-,28-/m1/s1. The number of aryl methyl sites for hydroxylation is 1. The van der Waals surface area contributed by atoms with Crippen LogP contribution in [0.25, 0.3) is 0 Å². The number of β-lactam (4-membered cyclic amide) rings is 1. The summed E-state index contributed by atoms with van der Waals surface area (Å²) in [6.45, 7) is 5.44. The zero-order chi connectivity index (χ0) is 40.6. The molecule has 2 atom stereocenters. The number of rotatable bonds is 11. The molecule has 0 saturated carbocycles. The Morgan fingerprint density at radius 2 is 1.80 bits per heavy atom. The second-order valence-electron chi connectivity index (χ2n) is 11.9. The third kappa shape index (κ3) is 8.07. The Labute approximate surface area is 327 Å². The van der Waals surface area contributed by atoms with Crippen molar-refractivity contribution in [3.8, 4) is 11.5 Å². The highest BCUT2D eigenvalue weighted by atomic mass is 32.2. The topological polar surface area (TPSA) is 285 Å². The number of carbonyl (C=O) groups excluding carboxylic acids is 5. The van der Waals surface area contributed by atoms with E-state index in [-0.39, 0.29) is 50.7 Å². The van der Waals surface area contributed by atoms with E-state index in [0.717, 1.165) is 41.2 Å². The number of hydrogen-bond acceptors (Lipinski definition) is 19. The van der Waals surface area contributed by atoms with E-state index in [4.69, 9.17) is 20.0 Å². The summed E-state index contributed by atoms with van der Waals surface area (Å²) in [5.41, 5.74) is 8.61. The van der Waals surface area contributed by atoms with Crippen molar-refractivity contribution >= 4 is 93.2 Å². The summed E-state index contributed by atoms with van der Waals surface area (Å²) < 4.78 is 10.2. The summed E-state index contributed by atoms with van der Waals surface area (Å²) in [4.78, 5) is 102. The van der Waals surface area contributed by atoms with E-state index in [1.165, 1.54) is 53.1 Å². The number of fused-ring (bicyclic) bond motifs is 2. The fourth-order valence-electron chi connectivity index (χ4n) is 5.52. The number of hydrogen-bond donors (Lipinski definition) is 5. The lowest BCUT2D eigenvalue weighted by atomic mass is 10.0. The Hall–Kier alpha value is -6.24. The van der Waals surface area contributed by atoms with E-state index in [2.05, 4.69) is 26.0 Å². The molecule has 0 aliphatic carbocycles. The number of benzene rings is 1. The number of aliphatic imine (C=N–C) groups is 1. The van der Waals surface area contributed by atoms with Crippen molar-refractivity contribution < 1.29 is 58.1 Å². The number of nitrogens with one attached hydrogen (secondary N) is 2. The molecular formula is C32H29N9O12S3. The number of carboxylic acids is 1. The van der Waals surface area contributed by atoms with Crippen molar-refractivity contribution in [3.05, 3.63) is 68.7 Å². The third-order valence-corrected chi connectivity index (χ3v) is 11.0. The summed E-state index contributed by atoms with van der Waals surface area (Å²) in [7, 11) is 0. The molecule has 1 aromatic carbocycles. The monoisotopic (exact) mass is 827 g/mol. The molecule has 1 saturated heterocycles. The summed E-state index contributed by atoms with van der Waals surface area (Å²) in [6, 6.07) is 1.16. The van der Waals surface area contributed by atoms with Gasteiger partial charge in [-0.2, -0.15) is 5.01 Å². The largest absolute Gasteiger partial charge is 0.477 e. The van der Waals surface area contributed by atoms with Gasteiger partial charge in [0.2, 0.25) is 0 Å². The number of allylic oxidation sites excluding steroid dienone is 1. The average Bonchev–Trinajstić information content (AvgIpc) is 3.76. The van der Waals surface area contributed by atoms with Crippen LogP contribution in [0.2, 0.25) is 0 Å². The van der Waals surface area contributed by atoms with Gasteiger partial charge in [-0.15, -0.1) is 40.4 Å². The van der Waals surface area contributed by atoms with Gasteiger partial charge in [-0.25, -0.2) is 29.4 Å². The van der Waals surface area contributed by atoms with Gasteiger partial charge in [0.05, 0.1) is 16.8 Å². The molecule has 1 aromatic heterocycles. The van der Waals surface area contributed by atoms with Crippen LogP contribution in [0.15, 0.2) is 62.1 Å². The molecule has 1 fully saturated rings. The Morgan fingerprint density at radius 3 is 2.43 bits per heavy atom. The number of thiazole rings is 1. The molecule has 6 rings (SSSR count). The van der Waals surface area contributed by atoms with E-state index in [1.807, 2.05) is 0 Å². The van der Waals surface area contributed by atoms with Gasteiger partial charge in [-0.3, -0.25) is 24.1 Å². The number of amides is 3. The molecule has 0 unspecified atom stereocenters. The Balaban J connectivity index is 1.18. The number of ether oxygens (including phenoxy) is 2. The van der Waals surface area contributed by atoms with Crippen LogP contribution in [0.3, 0.4) is 0 Å². The number of anilines is 1. The van der Waals surface area contributed by atoms with Gasteiger partial charge in [-0.05, 0) is 43.2 Å². The first-order valence-corrected chi connectivity index (χ1v) is 18.9. The van der Waals surface area contributed by atoms with E-state index < -0.39 is 58.9 Å². The van der Waals surface area contributed by atoms with Gasteiger partial charge in [0.25, 0.3) is 11.8 Å². The highest BCUT2D eigenvalue weighted by molar-refractivity contribution is 8.03. The third-order valence-electron chi connectivity index (χ3n) is 7.88. The highest BCUT2D eigenvalue weighted by Gasteiger charge is 2.54. The number of nitrogen functional groups attached to an aromatic ring is 1. The van der Waals surface area contributed by atoms with Gasteiger partial charge in [0.15, 0.2) is 28.2 Å². The van der Waals surface area contributed by atoms with E-state index in [9.17, 15) is 43.8 Å². The molecule has 21 nitrogen and oxygen atoms in total. The zero-order valence-corrected chi connectivity index (χ0v) is 31.9. The van der Waals surface area contributed by atoms with Crippen LogP contribution in [-0.4, -0.2) is 106 Å². The molecule has 6 N–H and O–H groups in total. The number of aromatic nitrogens is 1.